The highest BCUT2D eigenvalue weighted by Crippen LogP contribution is 2.41. The topological polar surface area (TPSA) is 98.4 Å². The van der Waals surface area contributed by atoms with Crippen molar-refractivity contribution in [2.24, 2.45) is 0 Å². The Labute approximate surface area is 174 Å². The van der Waals surface area contributed by atoms with Gasteiger partial charge in [0.05, 0.1) is 37.2 Å². The number of aliphatic hydroxyl groups excluding tert-OH is 1. The van der Waals surface area contributed by atoms with Crippen LogP contribution in [0.4, 0.5) is 0 Å². The number of nitrogens with zero attached hydrogens (tertiary/aromatic N) is 1. The van der Waals surface area contributed by atoms with Crippen molar-refractivity contribution in [3.8, 4) is 11.5 Å². The normalized spacial score (nSPS) is 18.1. The maximum Gasteiger partial charge on any atom is 0.295 e. The van der Waals surface area contributed by atoms with Gasteiger partial charge in [-0.1, -0.05) is 0 Å². The molecule has 1 aliphatic rings. The molecule has 30 heavy (non-hydrogen) atoms. The number of ketones is 1. The second kappa shape index (κ2) is 9.49. The summed E-state index contributed by atoms with van der Waals surface area (Å²) in [4.78, 5) is 26.9. The summed E-state index contributed by atoms with van der Waals surface area (Å²) in [6.07, 6.45) is 1.45. The molecule has 1 aliphatic heterocycles. The molecule has 0 bridgehead atoms. The Morgan fingerprint density at radius 3 is 2.57 bits per heavy atom. The molecule has 2 heterocycles. The SMILES string of the molecule is CCOc1ccc(/C(O)=C2/C(=O)C(=O)N(CCOC)C2c2ccco2)c(OCC)c1. The Morgan fingerprint density at radius 2 is 1.93 bits per heavy atom. The fourth-order valence-corrected chi connectivity index (χ4v) is 3.42. The highest BCUT2D eigenvalue weighted by atomic mass is 16.5. The Kier molecular flexibility index (Phi) is 6.79. The van der Waals surface area contributed by atoms with Crippen LogP contribution in [0.3, 0.4) is 0 Å². The first-order valence-corrected chi connectivity index (χ1v) is 9.74. The summed E-state index contributed by atoms with van der Waals surface area (Å²) in [6, 6.07) is 7.37. The summed E-state index contributed by atoms with van der Waals surface area (Å²) in [6.45, 7) is 4.89. The molecule has 0 spiro atoms. The molecule has 1 aromatic carbocycles. The third-order valence-electron chi connectivity index (χ3n) is 4.71. The third-order valence-corrected chi connectivity index (χ3v) is 4.71. The quantitative estimate of drug-likeness (QED) is 0.382. The van der Waals surface area contributed by atoms with E-state index in [1.165, 1.54) is 18.3 Å². The molecular weight excluding hydrogens is 390 g/mol. The van der Waals surface area contributed by atoms with Crippen LogP contribution in [0.15, 0.2) is 46.6 Å². The lowest BCUT2D eigenvalue weighted by molar-refractivity contribution is -0.140. The molecule has 160 valence electrons. The van der Waals surface area contributed by atoms with Crippen molar-refractivity contribution < 1.29 is 33.3 Å². The van der Waals surface area contributed by atoms with Crippen LogP contribution in [-0.2, 0) is 14.3 Å². The van der Waals surface area contributed by atoms with E-state index in [-0.39, 0.29) is 24.5 Å². The molecule has 8 nitrogen and oxygen atoms in total. The summed E-state index contributed by atoms with van der Waals surface area (Å²) in [7, 11) is 1.51. The van der Waals surface area contributed by atoms with Gasteiger partial charge in [0.1, 0.15) is 29.1 Å². The van der Waals surface area contributed by atoms with Gasteiger partial charge in [0.25, 0.3) is 11.7 Å². The van der Waals surface area contributed by atoms with Gasteiger partial charge in [-0.05, 0) is 38.1 Å². The number of rotatable bonds is 9. The van der Waals surface area contributed by atoms with Crippen LogP contribution in [0, 0.1) is 0 Å². The number of amides is 1. The fraction of sp³-hybridized carbons (Fsp3) is 0.364. The largest absolute Gasteiger partial charge is 0.507 e. The Morgan fingerprint density at radius 1 is 1.17 bits per heavy atom. The first-order chi connectivity index (χ1) is 14.5. The molecule has 8 heteroatoms. The van der Waals surface area contributed by atoms with Crippen molar-refractivity contribution in [3.63, 3.8) is 0 Å². The van der Waals surface area contributed by atoms with Gasteiger partial charge in [-0.2, -0.15) is 0 Å². The highest BCUT2D eigenvalue weighted by Gasteiger charge is 2.47. The van der Waals surface area contributed by atoms with E-state index in [2.05, 4.69) is 0 Å². The average molecular weight is 415 g/mol. The molecule has 1 aromatic heterocycles. The zero-order chi connectivity index (χ0) is 21.7. The maximum absolute atomic E-state index is 12.9. The lowest BCUT2D eigenvalue weighted by Gasteiger charge is -2.23. The van der Waals surface area contributed by atoms with Crippen LogP contribution in [-0.4, -0.2) is 55.2 Å². The summed E-state index contributed by atoms with van der Waals surface area (Å²) < 4.78 is 21.7. The van der Waals surface area contributed by atoms with E-state index in [1.54, 1.807) is 30.3 Å². The first-order valence-electron chi connectivity index (χ1n) is 9.74. The van der Waals surface area contributed by atoms with E-state index in [9.17, 15) is 14.7 Å². The van der Waals surface area contributed by atoms with Crippen LogP contribution < -0.4 is 9.47 Å². The minimum atomic E-state index is -0.865. The van der Waals surface area contributed by atoms with Gasteiger partial charge in [-0.3, -0.25) is 9.59 Å². The minimum absolute atomic E-state index is 0.0591. The van der Waals surface area contributed by atoms with Gasteiger partial charge >= 0.3 is 0 Å². The van der Waals surface area contributed by atoms with Crippen LogP contribution >= 0.6 is 0 Å². The number of ether oxygens (including phenoxy) is 3. The van der Waals surface area contributed by atoms with Gasteiger partial charge in [-0.25, -0.2) is 0 Å². The molecule has 2 aromatic rings. The molecule has 1 fully saturated rings. The molecule has 0 aliphatic carbocycles. The van der Waals surface area contributed by atoms with Crippen molar-refractivity contribution >= 4 is 17.4 Å². The third kappa shape index (κ3) is 4.04. The second-order valence-electron chi connectivity index (χ2n) is 6.52. The monoisotopic (exact) mass is 415 g/mol. The Hall–Kier alpha value is -3.26. The maximum atomic E-state index is 12.9. The van der Waals surface area contributed by atoms with Crippen LogP contribution in [0.25, 0.3) is 5.76 Å². The first kappa shape index (κ1) is 21.4. The molecule has 1 saturated heterocycles. The minimum Gasteiger partial charge on any atom is -0.507 e. The second-order valence-corrected chi connectivity index (χ2v) is 6.52. The number of methoxy groups -OCH3 is 1. The predicted octanol–water partition coefficient (Wildman–Crippen LogP) is 3.15. The highest BCUT2D eigenvalue weighted by molar-refractivity contribution is 6.46. The van der Waals surface area contributed by atoms with E-state index in [4.69, 9.17) is 18.6 Å². The van der Waals surface area contributed by atoms with Crippen LogP contribution in [0.5, 0.6) is 11.5 Å². The van der Waals surface area contributed by atoms with E-state index in [1.807, 2.05) is 13.8 Å². The molecule has 1 unspecified atom stereocenters. The number of likely N-dealkylation sites (tertiary alicyclic amines) is 1. The van der Waals surface area contributed by atoms with Gasteiger partial charge in [-0.15, -0.1) is 0 Å². The van der Waals surface area contributed by atoms with Crippen molar-refractivity contribution in [1.29, 1.82) is 0 Å². The lowest BCUT2D eigenvalue weighted by atomic mass is 9.98. The molecule has 3 rings (SSSR count). The number of Topliss-reactive ketones (excluding diaryl/α,β-unsaturated/α-hetero) is 1. The van der Waals surface area contributed by atoms with Gasteiger partial charge in [0.15, 0.2) is 0 Å². The predicted molar refractivity (Wildman–Crippen MR) is 108 cm³/mol. The van der Waals surface area contributed by atoms with Crippen LogP contribution in [0.2, 0.25) is 0 Å². The number of carbonyl (C=O) groups excluding carboxylic acids is 2. The molecule has 1 amide bonds. The van der Waals surface area contributed by atoms with Gasteiger partial charge < -0.3 is 28.6 Å². The Bertz CT molecular complexity index is 933. The fourth-order valence-electron chi connectivity index (χ4n) is 3.42. The van der Waals surface area contributed by atoms with E-state index < -0.39 is 17.7 Å². The van der Waals surface area contributed by atoms with Crippen molar-refractivity contribution in [3.05, 3.63) is 53.5 Å². The summed E-state index contributed by atoms with van der Waals surface area (Å²) in [5.74, 6) is -0.556. The molecule has 0 saturated carbocycles. The van der Waals surface area contributed by atoms with Crippen LogP contribution in [0.1, 0.15) is 31.2 Å². The van der Waals surface area contributed by atoms with Crippen molar-refractivity contribution in [1.82, 2.24) is 4.90 Å². The number of carbonyl (C=O) groups is 2. The molecule has 1 atom stereocenters. The van der Waals surface area contributed by atoms with E-state index >= 15 is 0 Å². The van der Waals surface area contributed by atoms with Gasteiger partial charge in [0.2, 0.25) is 0 Å². The zero-order valence-electron chi connectivity index (χ0n) is 17.2. The molecular formula is C22H25NO7. The molecule has 0 radical (unpaired) electrons. The standard InChI is InChI=1S/C22H25NO7/c1-4-28-14-8-9-15(17(13-14)29-5-2)20(24)18-19(16-7-6-11-30-16)23(10-12-27-3)22(26)21(18)25/h6-9,11,13,19,24H,4-5,10,12H2,1-3H3/b20-18-. The number of aliphatic hydroxyl groups is 1. The summed E-state index contributed by atoms with van der Waals surface area (Å²) in [5, 5.41) is 11.1. The number of furan rings is 1. The summed E-state index contributed by atoms with van der Waals surface area (Å²) in [5.41, 5.74) is 0.234. The zero-order valence-corrected chi connectivity index (χ0v) is 17.2. The van der Waals surface area contributed by atoms with Crippen molar-refractivity contribution in [2.45, 2.75) is 19.9 Å². The number of hydrogen-bond donors (Lipinski definition) is 1. The average Bonchev–Trinajstić information content (AvgIpc) is 3.34. The smallest absolute Gasteiger partial charge is 0.295 e. The number of benzene rings is 1. The molecule has 1 N–H and O–H groups in total. The van der Waals surface area contributed by atoms with E-state index in [0.717, 1.165) is 0 Å². The van der Waals surface area contributed by atoms with E-state index in [0.29, 0.717) is 36.0 Å². The number of hydrogen-bond acceptors (Lipinski definition) is 7. The van der Waals surface area contributed by atoms with Gasteiger partial charge in [0, 0.05) is 19.7 Å². The lowest BCUT2D eigenvalue weighted by Crippen LogP contribution is -2.32. The van der Waals surface area contributed by atoms with Crippen molar-refractivity contribution in [2.75, 3.05) is 33.5 Å². The Balaban J connectivity index is 2.14. The summed E-state index contributed by atoms with van der Waals surface area (Å²) >= 11 is 0.